The lowest BCUT2D eigenvalue weighted by Crippen LogP contribution is -1.99. The topological polar surface area (TPSA) is 75.4 Å². The molecule has 10 heavy (non-hydrogen) atoms. The molecule has 0 aliphatic rings. The summed E-state index contributed by atoms with van der Waals surface area (Å²) in [5, 5.41) is 3.56. The molecule has 0 aromatic carbocycles. The summed E-state index contributed by atoms with van der Waals surface area (Å²) in [6, 6.07) is 0. The van der Waals surface area contributed by atoms with Gasteiger partial charge in [-0.05, 0) is 0 Å². The fourth-order valence-electron chi connectivity index (χ4n) is 0.559. The van der Waals surface area contributed by atoms with E-state index in [0.29, 0.717) is 0 Å². The van der Waals surface area contributed by atoms with Gasteiger partial charge in [0.25, 0.3) is 0 Å². The summed E-state index contributed by atoms with van der Waals surface area (Å²) >= 11 is 0. The molecule has 0 unspecified atom stereocenters. The lowest BCUT2D eigenvalue weighted by molar-refractivity contribution is 0.387. The molecule has 0 bridgehead atoms. The summed E-state index contributed by atoms with van der Waals surface area (Å²) in [4.78, 5) is 17.1. The zero-order valence-corrected chi connectivity index (χ0v) is 6.19. The SMILES string of the molecule is Cn1cc(P(=O)(O)O)cn1. The highest BCUT2D eigenvalue weighted by molar-refractivity contribution is 7.60. The second kappa shape index (κ2) is 2.20. The van der Waals surface area contributed by atoms with Gasteiger partial charge < -0.3 is 9.79 Å². The molecule has 0 radical (unpaired) electrons. The maximum Gasteiger partial charge on any atom is 0.359 e. The van der Waals surface area contributed by atoms with Crippen molar-refractivity contribution in [3.8, 4) is 0 Å². The van der Waals surface area contributed by atoms with Crippen LogP contribution in [0.2, 0.25) is 0 Å². The van der Waals surface area contributed by atoms with Crippen molar-refractivity contribution in [2.75, 3.05) is 0 Å². The van der Waals surface area contributed by atoms with Crippen molar-refractivity contribution >= 4 is 12.9 Å². The van der Waals surface area contributed by atoms with Crippen LogP contribution in [-0.4, -0.2) is 19.6 Å². The molecule has 56 valence electrons. The third-order valence-electron chi connectivity index (χ3n) is 1.03. The van der Waals surface area contributed by atoms with E-state index in [1.165, 1.54) is 10.9 Å². The van der Waals surface area contributed by atoms with Crippen molar-refractivity contribution in [2.24, 2.45) is 7.05 Å². The Labute approximate surface area is 57.5 Å². The van der Waals surface area contributed by atoms with Crippen LogP contribution in [-0.2, 0) is 11.6 Å². The van der Waals surface area contributed by atoms with Crippen LogP contribution in [0.4, 0.5) is 0 Å². The third kappa shape index (κ3) is 1.44. The molecule has 0 fully saturated rings. The summed E-state index contributed by atoms with van der Waals surface area (Å²) in [5.74, 6) is 0. The molecule has 1 rings (SSSR count). The van der Waals surface area contributed by atoms with Crippen molar-refractivity contribution in [1.29, 1.82) is 0 Å². The van der Waals surface area contributed by atoms with Crippen molar-refractivity contribution in [1.82, 2.24) is 9.78 Å². The van der Waals surface area contributed by atoms with E-state index in [2.05, 4.69) is 5.10 Å². The number of aromatic nitrogens is 2. The summed E-state index contributed by atoms with van der Waals surface area (Å²) in [5.41, 5.74) is 0. The molecule has 0 aliphatic heterocycles. The van der Waals surface area contributed by atoms with Gasteiger partial charge in [-0.15, -0.1) is 0 Å². The Morgan fingerprint density at radius 1 is 1.70 bits per heavy atom. The molecule has 5 nitrogen and oxygen atoms in total. The number of nitrogens with zero attached hydrogens (tertiary/aromatic N) is 2. The largest absolute Gasteiger partial charge is 0.359 e. The first-order chi connectivity index (χ1) is 4.50. The standard InChI is InChI=1S/C4H7N2O3P/c1-6-3-4(2-5-6)10(7,8)9/h2-3H,1H3,(H2,7,8,9). The minimum Gasteiger partial charge on any atom is -0.321 e. The van der Waals surface area contributed by atoms with Crippen molar-refractivity contribution < 1.29 is 14.4 Å². The summed E-state index contributed by atoms with van der Waals surface area (Å²) in [6.45, 7) is 0. The van der Waals surface area contributed by atoms with E-state index in [0.717, 1.165) is 6.20 Å². The lowest BCUT2D eigenvalue weighted by Gasteiger charge is -1.95. The fraction of sp³-hybridized carbons (Fsp3) is 0.250. The Morgan fingerprint density at radius 2 is 2.30 bits per heavy atom. The molecular weight excluding hydrogens is 155 g/mol. The van der Waals surface area contributed by atoms with E-state index in [1.54, 1.807) is 7.05 Å². The first kappa shape index (κ1) is 7.47. The zero-order valence-electron chi connectivity index (χ0n) is 5.30. The maximum absolute atomic E-state index is 10.5. The van der Waals surface area contributed by atoms with Crippen molar-refractivity contribution in [2.45, 2.75) is 0 Å². The molecule has 1 heterocycles. The highest BCUT2D eigenvalue weighted by Crippen LogP contribution is 2.32. The van der Waals surface area contributed by atoms with Crippen LogP contribution in [0.25, 0.3) is 0 Å². The second-order valence-corrected chi connectivity index (χ2v) is 3.52. The predicted molar refractivity (Wildman–Crippen MR) is 34.9 cm³/mol. The molecule has 0 amide bonds. The Balaban J connectivity index is 3.08. The van der Waals surface area contributed by atoms with Gasteiger partial charge in [-0.1, -0.05) is 0 Å². The van der Waals surface area contributed by atoms with Gasteiger partial charge in [-0.25, -0.2) is 0 Å². The zero-order chi connectivity index (χ0) is 7.78. The molecule has 2 N–H and O–H groups in total. The van der Waals surface area contributed by atoms with Crippen LogP contribution >= 0.6 is 7.60 Å². The minimum atomic E-state index is -4.08. The summed E-state index contributed by atoms with van der Waals surface area (Å²) in [7, 11) is -2.48. The Kier molecular flexibility index (Phi) is 1.64. The summed E-state index contributed by atoms with van der Waals surface area (Å²) < 4.78 is 11.8. The molecule has 0 aliphatic carbocycles. The molecule has 0 spiro atoms. The first-order valence-corrected chi connectivity index (χ1v) is 4.16. The number of aryl methyl sites for hydroxylation is 1. The van der Waals surface area contributed by atoms with E-state index in [4.69, 9.17) is 9.79 Å². The number of rotatable bonds is 1. The van der Waals surface area contributed by atoms with Gasteiger partial charge in [0.1, 0.15) is 5.30 Å². The number of hydrogen-bond donors (Lipinski definition) is 2. The van der Waals surface area contributed by atoms with Gasteiger partial charge >= 0.3 is 7.60 Å². The van der Waals surface area contributed by atoms with Gasteiger partial charge in [0.05, 0.1) is 6.20 Å². The smallest absolute Gasteiger partial charge is 0.321 e. The predicted octanol–water partition coefficient (Wildman–Crippen LogP) is -0.777. The fourth-order valence-corrected chi connectivity index (χ4v) is 1.08. The van der Waals surface area contributed by atoms with Gasteiger partial charge in [0.2, 0.25) is 0 Å². The molecule has 6 heteroatoms. The van der Waals surface area contributed by atoms with Gasteiger partial charge in [0.15, 0.2) is 0 Å². The monoisotopic (exact) mass is 162 g/mol. The van der Waals surface area contributed by atoms with E-state index in [1.807, 2.05) is 0 Å². The molecule has 1 aromatic rings. The van der Waals surface area contributed by atoms with Crippen LogP contribution in [0.1, 0.15) is 0 Å². The van der Waals surface area contributed by atoms with Gasteiger partial charge in [-0.2, -0.15) is 5.10 Å². The Morgan fingerprint density at radius 3 is 2.50 bits per heavy atom. The highest BCUT2D eigenvalue weighted by Gasteiger charge is 2.17. The van der Waals surface area contributed by atoms with Crippen LogP contribution in [0.3, 0.4) is 0 Å². The molecule has 1 aromatic heterocycles. The van der Waals surface area contributed by atoms with Crippen molar-refractivity contribution in [3.05, 3.63) is 12.4 Å². The Bertz CT molecular complexity index is 276. The first-order valence-electron chi connectivity index (χ1n) is 2.55. The number of hydrogen-bond acceptors (Lipinski definition) is 2. The van der Waals surface area contributed by atoms with Crippen molar-refractivity contribution in [3.63, 3.8) is 0 Å². The average Bonchev–Trinajstić information content (AvgIpc) is 2.11. The molecule has 0 saturated carbocycles. The average molecular weight is 162 g/mol. The normalized spacial score (nSPS) is 11.9. The minimum absolute atomic E-state index is 0.0463. The third-order valence-corrected chi connectivity index (χ3v) is 1.93. The Hall–Kier alpha value is -0.640. The molecule has 0 saturated heterocycles. The van der Waals surface area contributed by atoms with Crippen LogP contribution in [0.15, 0.2) is 12.4 Å². The molecular formula is C4H7N2O3P. The lowest BCUT2D eigenvalue weighted by atomic mass is 10.7. The summed E-state index contributed by atoms with van der Waals surface area (Å²) in [6.07, 6.45) is 2.45. The van der Waals surface area contributed by atoms with E-state index in [9.17, 15) is 4.57 Å². The van der Waals surface area contributed by atoms with Crippen LogP contribution in [0.5, 0.6) is 0 Å². The van der Waals surface area contributed by atoms with E-state index >= 15 is 0 Å². The van der Waals surface area contributed by atoms with E-state index in [-0.39, 0.29) is 5.30 Å². The highest BCUT2D eigenvalue weighted by atomic mass is 31.2. The maximum atomic E-state index is 10.5. The quantitative estimate of drug-likeness (QED) is 0.531. The van der Waals surface area contributed by atoms with Gasteiger partial charge in [0, 0.05) is 13.2 Å². The van der Waals surface area contributed by atoms with Crippen LogP contribution in [0, 0.1) is 0 Å². The van der Waals surface area contributed by atoms with E-state index < -0.39 is 7.60 Å². The molecule has 0 atom stereocenters. The second-order valence-electron chi connectivity index (χ2n) is 1.92. The van der Waals surface area contributed by atoms with Crippen LogP contribution < -0.4 is 5.30 Å². The van der Waals surface area contributed by atoms with Gasteiger partial charge in [-0.3, -0.25) is 9.25 Å².